The summed E-state index contributed by atoms with van der Waals surface area (Å²) in [7, 11) is 0. The molecule has 2 aromatic carbocycles. The van der Waals surface area contributed by atoms with Crippen LogP contribution in [0, 0.1) is 22.7 Å². The summed E-state index contributed by atoms with van der Waals surface area (Å²) in [5.41, 5.74) is 2.47. The zero-order valence-electron chi connectivity index (χ0n) is 27.5. The molecule has 7 heteroatoms. The van der Waals surface area contributed by atoms with Crippen LogP contribution in [0.4, 0.5) is 0 Å². The van der Waals surface area contributed by atoms with E-state index >= 15 is 0 Å². The van der Waals surface area contributed by atoms with E-state index in [4.69, 9.17) is 14.2 Å². The summed E-state index contributed by atoms with van der Waals surface area (Å²) in [5.74, 6) is -0.515. The van der Waals surface area contributed by atoms with Crippen LogP contribution in [0.15, 0.2) is 36.4 Å². The summed E-state index contributed by atoms with van der Waals surface area (Å²) in [4.78, 5) is 51.9. The van der Waals surface area contributed by atoms with Gasteiger partial charge >= 0.3 is 23.9 Å². The minimum absolute atomic E-state index is 0.00943. The molecular formula is C38H46O7. The van der Waals surface area contributed by atoms with Gasteiger partial charge in [-0.15, -0.1) is 0 Å². The maximum absolute atomic E-state index is 14.3. The average Bonchev–Trinajstić information content (AvgIpc) is 2.97. The van der Waals surface area contributed by atoms with Gasteiger partial charge in [0.15, 0.2) is 0 Å². The van der Waals surface area contributed by atoms with E-state index in [1.165, 1.54) is 25.0 Å². The quantitative estimate of drug-likeness (QED) is 0.202. The third-order valence-corrected chi connectivity index (χ3v) is 12.3. The molecule has 0 amide bonds. The molecule has 6 rings (SSSR count). The highest BCUT2D eigenvalue weighted by Gasteiger charge is 2.59. The maximum Gasteiger partial charge on any atom is 0.319 e. The Balaban J connectivity index is 1.26. The minimum Gasteiger partial charge on any atom is -0.427 e. The predicted molar refractivity (Wildman–Crippen MR) is 169 cm³/mol. The maximum atomic E-state index is 14.3. The van der Waals surface area contributed by atoms with E-state index in [2.05, 4.69) is 13.8 Å². The van der Waals surface area contributed by atoms with Crippen LogP contribution in [-0.4, -0.2) is 23.9 Å². The Morgan fingerprint density at radius 1 is 0.622 bits per heavy atom. The van der Waals surface area contributed by atoms with Crippen molar-refractivity contribution in [2.45, 2.75) is 117 Å². The Morgan fingerprint density at radius 2 is 1.02 bits per heavy atom. The predicted octanol–water partition coefficient (Wildman–Crippen LogP) is 7.33. The van der Waals surface area contributed by atoms with Crippen LogP contribution in [0.3, 0.4) is 0 Å². The zero-order valence-corrected chi connectivity index (χ0v) is 27.5. The molecule has 2 saturated carbocycles. The Bertz CT molecular complexity index is 1460. The summed E-state index contributed by atoms with van der Waals surface area (Å²) >= 11 is 0. The lowest BCUT2D eigenvalue weighted by atomic mass is 9.49. The number of hydrogen-bond acceptors (Lipinski definition) is 7. The molecule has 0 saturated heterocycles. The second-order valence-corrected chi connectivity index (χ2v) is 15.1. The smallest absolute Gasteiger partial charge is 0.319 e. The molecule has 0 heterocycles. The Kier molecular flexibility index (Phi) is 7.77. The number of carbonyl (C=O) groups is 4. The van der Waals surface area contributed by atoms with Gasteiger partial charge in [-0.05, 0) is 134 Å². The first-order chi connectivity index (χ1) is 21.2. The number of aryl methyl sites for hydroxylation is 2. The van der Waals surface area contributed by atoms with Crippen LogP contribution >= 0.6 is 0 Å². The van der Waals surface area contributed by atoms with Gasteiger partial charge in [0.25, 0.3) is 0 Å². The van der Waals surface area contributed by atoms with Crippen molar-refractivity contribution in [2.75, 3.05) is 0 Å². The van der Waals surface area contributed by atoms with Gasteiger partial charge in [-0.3, -0.25) is 19.2 Å². The van der Waals surface area contributed by atoms with Crippen molar-refractivity contribution in [1.29, 1.82) is 0 Å². The fourth-order valence-corrected chi connectivity index (χ4v) is 10.1. The molecule has 240 valence electrons. The summed E-state index contributed by atoms with van der Waals surface area (Å²) in [6, 6.07) is 11.7. The topological polar surface area (TPSA) is 96.0 Å². The molecule has 4 aliphatic rings. The largest absolute Gasteiger partial charge is 0.427 e. The highest BCUT2D eigenvalue weighted by atomic mass is 16.6. The van der Waals surface area contributed by atoms with Crippen LogP contribution in [0.2, 0.25) is 0 Å². The zero-order chi connectivity index (χ0) is 32.4. The third-order valence-electron chi connectivity index (χ3n) is 12.3. The van der Waals surface area contributed by atoms with Crippen molar-refractivity contribution in [3.05, 3.63) is 58.7 Å². The molecule has 0 bridgehead atoms. The summed E-state index contributed by atoms with van der Waals surface area (Å²) in [6.07, 6.45) is 8.14. The molecule has 1 unspecified atom stereocenters. The second kappa shape index (κ2) is 11.1. The van der Waals surface area contributed by atoms with Gasteiger partial charge in [-0.1, -0.05) is 38.8 Å². The minimum atomic E-state index is -0.815. The SMILES string of the molecule is CC(=O)Oc1ccc2c(c1)[C@@]1(C)CCC[C@](C)(C(=O)OC(=O)[C@@]3(C)CCC[C@]4(C)c5cc(OC(C)=O)ccc5CC[C@@H]34)C1CC2. The van der Waals surface area contributed by atoms with Crippen molar-refractivity contribution in [3.8, 4) is 11.5 Å². The molecule has 0 spiro atoms. The lowest BCUT2D eigenvalue weighted by Gasteiger charge is -2.55. The van der Waals surface area contributed by atoms with Crippen molar-refractivity contribution in [3.63, 3.8) is 0 Å². The molecule has 45 heavy (non-hydrogen) atoms. The van der Waals surface area contributed by atoms with E-state index < -0.39 is 22.8 Å². The Morgan fingerprint density at radius 3 is 1.40 bits per heavy atom. The highest BCUT2D eigenvalue weighted by Crippen LogP contribution is 2.60. The van der Waals surface area contributed by atoms with Crippen molar-refractivity contribution in [2.24, 2.45) is 22.7 Å². The molecule has 4 aliphatic carbocycles. The van der Waals surface area contributed by atoms with Crippen LogP contribution in [0.1, 0.15) is 115 Å². The summed E-state index contributed by atoms with van der Waals surface area (Å²) < 4.78 is 16.9. The molecule has 2 fully saturated rings. The van der Waals surface area contributed by atoms with E-state index in [1.807, 2.05) is 50.2 Å². The average molecular weight is 615 g/mol. The first kappa shape index (κ1) is 31.5. The fraction of sp³-hybridized carbons (Fsp3) is 0.579. The number of fused-ring (bicyclic) bond motifs is 6. The molecule has 2 aromatic rings. The first-order valence-corrected chi connectivity index (χ1v) is 16.6. The van der Waals surface area contributed by atoms with Crippen molar-refractivity contribution < 1.29 is 33.4 Å². The molecule has 7 nitrogen and oxygen atoms in total. The molecule has 0 aliphatic heterocycles. The molecule has 0 aromatic heterocycles. The monoisotopic (exact) mass is 614 g/mol. The van der Waals surface area contributed by atoms with E-state index in [0.717, 1.165) is 62.5 Å². The second-order valence-electron chi connectivity index (χ2n) is 15.1. The van der Waals surface area contributed by atoms with Crippen LogP contribution in [0.5, 0.6) is 11.5 Å². The van der Waals surface area contributed by atoms with Crippen molar-refractivity contribution in [1.82, 2.24) is 0 Å². The number of ether oxygens (including phenoxy) is 3. The third kappa shape index (κ3) is 5.11. The number of hydrogen-bond donors (Lipinski definition) is 0. The Hall–Kier alpha value is -3.48. The van der Waals surface area contributed by atoms with Gasteiger partial charge in [-0.2, -0.15) is 0 Å². The molecule has 6 atom stereocenters. The van der Waals surface area contributed by atoms with Gasteiger partial charge < -0.3 is 14.2 Å². The fourth-order valence-electron chi connectivity index (χ4n) is 10.1. The van der Waals surface area contributed by atoms with E-state index in [-0.39, 0.29) is 34.6 Å². The Labute approximate surface area is 266 Å². The van der Waals surface area contributed by atoms with Gasteiger partial charge in [0.05, 0.1) is 10.8 Å². The van der Waals surface area contributed by atoms with Gasteiger partial charge in [0.2, 0.25) is 0 Å². The number of rotatable bonds is 4. The van der Waals surface area contributed by atoms with E-state index in [1.54, 1.807) is 0 Å². The van der Waals surface area contributed by atoms with Gasteiger partial charge in [-0.25, -0.2) is 0 Å². The van der Waals surface area contributed by atoms with Crippen LogP contribution < -0.4 is 9.47 Å². The normalized spacial score (nSPS) is 33.4. The number of esters is 4. The first-order valence-electron chi connectivity index (χ1n) is 16.6. The lowest BCUT2D eigenvalue weighted by molar-refractivity contribution is -0.184. The molecular weight excluding hydrogens is 568 g/mol. The van der Waals surface area contributed by atoms with E-state index in [0.29, 0.717) is 24.3 Å². The van der Waals surface area contributed by atoms with Crippen LogP contribution in [0.25, 0.3) is 0 Å². The standard InChI is InChI=1S/C38H46O7/c1-23(39)43-27-13-9-25-11-15-31-35(3,29(25)21-27)17-7-19-37(31,5)33(41)45-34(42)38(6)20-8-18-36(4)30-22-28(44-24(2)40)14-10-26(30)12-16-32(36)38/h9-10,13-14,21-22,31-32H,7-8,11-12,15-20H2,1-6H3/t31-,32?,35-,36-,37+,38+/m1/s1. The molecule has 0 radical (unpaired) electrons. The number of benzene rings is 2. The summed E-state index contributed by atoms with van der Waals surface area (Å²) in [5, 5.41) is 0. The van der Waals surface area contributed by atoms with Crippen LogP contribution in [-0.2, 0) is 47.6 Å². The molecule has 0 N–H and O–H groups in total. The van der Waals surface area contributed by atoms with Crippen molar-refractivity contribution >= 4 is 23.9 Å². The highest BCUT2D eigenvalue weighted by molar-refractivity contribution is 5.92. The number of carbonyl (C=O) groups excluding carboxylic acids is 4. The van der Waals surface area contributed by atoms with Gasteiger partial charge in [0, 0.05) is 13.8 Å². The lowest BCUT2D eigenvalue weighted by Crippen LogP contribution is -2.56. The van der Waals surface area contributed by atoms with E-state index in [9.17, 15) is 19.2 Å². The summed E-state index contributed by atoms with van der Waals surface area (Å²) in [6.45, 7) is 11.2. The van der Waals surface area contributed by atoms with Gasteiger partial charge in [0.1, 0.15) is 11.5 Å².